The molecular formula is C9H12O3. The van der Waals surface area contributed by atoms with E-state index in [2.05, 4.69) is 0 Å². The van der Waals surface area contributed by atoms with Crippen LogP contribution in [-0.4, -0.2) is 17.3 Å². The van der Waals surface area contributed by atoms with Crippen molar-refractivity contribution in [2.75, 3.05) is 7.11 Å². The molecule has 0 bridgehead atoms. The van der Waals surface area contributed by atoms with Gasteiger partial charge in [-0.25, -0.2) is 0 Å². The number of aliphatic hydroxyl groups excluding tert-OH is 2. The lowest BCUT2D eigenvalue weighted by Gasteiger charge is -2.06. The Morgan fingerprint density at radius 3 is 2.50 bits per heavy atom. The Morgan fingerprint density at radius 1 is 1.25 bits per heavy atom. The third kappa shape index (κ3) is 1.75. The van der Waals surface area contributed by atoms with Crippen LogP contribution in [0.4, 0.5) is 0 Å². The zero-order chi connectivity index (χ0) is 8.97. The Bertz CT molecular complexity index is 258. The lowest BCUT2D eigenvalue weighted by Crippen LogP contribution is -1.93. The molecule has 0 aromatic heterocycles. The summed E-state index contributed by atoms with van der Waals surface area (Å²) in [7, 11) is 1.55. The first-order chi connectivity index (χ1) is 5.81. The molecule has 0 aliphatic heterocycles. The molecular weight excluding hydrogens is 156 g/mol. The van der Waals surface area contributed by atoms with E-state index in [1.807, 2.05) is 0 Å². The van der Waals surface area contributed by atoms with E-state index < -0.39 is 0 Å². The van der Waals surface area contributed by atoms with Crippen molar-refractivity contribution in [1.82, 2.24) is 0 Å². The van der Waals surface area contributed by atoms with Crippen LogP contribution in [-0.2, 0) is 13.2 Å². The molecule has 3 nitrogen and oxygen atoms in total. The molecule has 0 atom stereocenters. The fourth-order valence-corrected chi connectivity index (χ4v) is 1.05. The Hall–Kier alpha value is -1.06. The Balaban J connectivity index is 3.02. The van der Waals surface area contributed by atoms with Crippen molar-refractivity contribution in [3.63, 3.8) is 0 Å². The van der Waals surface area contributed by atoms with Crippen molar-refractivity contribution in [3.05, 3.63) is 29.3 Å². The second-order valence-corrected chi connectivity index (χ2v) is 2.46. The fraction of sp³-hybridized carbons (Fsp3) is 0.333. The van der Waals surface area contributed by atoms with Crippen LogP contribution in [0.2, 0.25) is 0 Å². The van der Waals surface area contributed by atoms with Crippen molar-refractivity contribution >= 4 is 0 Å². The Morgan fingerprint density at radius 2 is 2.00 bits per heavy atom. The molecule has 0 amide bonds. The van der Waals surface area contributed by atoms with Gasteiger partial charge in [-0.05, 0) is 17.7 Å². The minimum absolute atomic E-state index is 0.0169. The van der Waals surface area contributed by atoms with Crippen LogP contribution in [0.15, 0.2) is 18.2 Å². The highest BCUT2D eigenvalue weighted by Crippen LogP contribution is 2.19. The molecule has 1 aromatic rings. The van der Waals surface area contributed by atoms with Gasteiger partial charge in [0.25, 0.3) is 0 Å². The zero-order valence-electron chi connectivity index (χ0n) is 6.95. The van der Waals surface area contributed by atoms with E-state index >= 15 is 0 Å². The number of hydrogen-bond acceptors (Lipinski definition) is 3. The van der Waals surface area contributed by atoms with Crippen LogP contribution < -0.4 is 4.74 Å². The molecule has 0 saturated heterocycles. The highest BCUT2D eigenvalue weighted by molar-refractivity contribution is 5.36. The smallest absolute Gasteiger partial charge is 0.124 e. The monoisotopic (exact) mass is 168 g/mol. The summed E-state index contributed by atoms with van der Waals surface area (Å²) < 4.78 is 4.99. The molecule has 0 spiro atoms. The van der Waals surface area contributed by atoms with E-state index in [1.54, 1.807) is 25.3 Å². The Kier molecular flexibility index (Phi) is 3.08. The van der Waals surface area contributed by atoms with Crippen LogP contribution in [0.1, 0.15) is 11.1 Å². The standard InChI is InChI=1S/C9H12O3/c1-12-9-3-2-7(5-10)4-8(9)6-11/h2-4,10-11H,5-6H2,1H3. The lowest BCUT2D eigenvalue weighted by atomic mass is 10.1. The third-order valence-corrected chi connectivity index (χ3v) is 1.70. The average molecular weight is 168 g/mol. The van der Waals surface area contributed by atoms with Crippen molar-refractivity contribution in [3.8, 4) is 5.75 Å². The number of aliphatic hydroxyl groups is 2. The quantitative estimate of drug-likeness (QED) is 0.697. The normalized spacial score (nSPS) is 9.92. The van der Waals surface area contributed by atoms with E-state index in [0.29, 0.717) is 11.3 Å². The predicted molar refractivity (Wildman–Crippen MR) is 44.8 cm³/mol. The van der Waals surface area contributed by atoms with Gasteiger partial charge in [0.2, 0.25) is 0 Å². The van der Waals surface area contributed by atoms with Gasteiger partial charge < -0.3 is 14.9 Å². The number of rotatable bonds is 3. The van der Waals surface area contributed by atoms with Gasteiger partial charge in [-0.15, -0.1) is 0 Å². The number of hydrogen-bond donors (Lipinski definition) is 2. The largest absolute Gasteiger partial charge is 0.496 e. The van der Waals surface area contributed by atoms with Gasteiger partial charge in [0.15, 0.2) is 0 Å². The summed E-state index contributed by atoms with van der Waals surface area (Å²) in [5, 5.41) is 17.7. The molecule has 0 aliphatic carbocycles. The number of benzene rings is 1. The minimum atomic E-state index is -0.0724. The molecule has 0 fully saturated rings. The molecule has 0 radical (unpaired) electrons. The maximum atomic E-state index is 8.91. The summed E-state index contributed by atoms with van der Waals surface area (Å²) in [6.45, 7) is -0.0893. The molecule has 1 rings (SSSR count). The highest BCUT2D eigenvalue weighted by atomic mass is 16.5. The maximum absolute atomic E-state index is 8.91. The summed E-state index contributed by atoms with van der Waals surface area (Å²) in [6, 6.07) is 5.22. The summed E-state index contributed by atoms with van der Waals surface area (Å²) in [5.41, 5.74) is 1.48. The number of ether oxygens (including phenoxy) is 1. The molecule has 0 unspecified atom stereocenters. The summed E-state index contributed by atoms with van der Waals surface area (Å²) in [6.07, 6.45) is 0. The van der Waals surface area contributed by atoms with Crippen LogP contribution in [0.25, 0.3) is 0 Å². The topological polar surface area (TPSA) is 49.7 Å². The molecule has 0 aliphatic rings. The lowest BCUT2D eigenvalue weighted by molar-refractivity contribution is 0.269. The van der Waals surface area contributed by atoms with Crippen molar-refractivity contribution in [2.45, 2.75) is 13.2 Å². The van der Waals surface area contributed by atoms with E-state index in [0.717, 1.165) is 5.56 Å². The van der Waals surface area contributed by atoms with Gasteiger partial charge in [-0.2, -0.15) is 0 Å². The van der Waals surface area contributed by atoms with Gasteiger partial charge in [-0.1, -0.05) is 6.07 Å². The molecule has 0 heterocycles. The first-order valence-electron chi connectivity index (χ1n) is 3.69. The molecule has 1 aromatic carbocycles. The second kappa shape index (κ2) is 4.09. The summed E-state index contributed by atoms with van der Waals surface area (Å²) >= 11 is 0. The molecule has 12 heavy (non-hydrogen) atoms. The first kappa shape index (κ1) is 9.03. The second-order valence-electron chi connectivity index (χ2n) is 2.46. The van der Waals surface area contributed by atoms with E-state index in [-0.39, 0.29) is 13.2 Å². The van der Waals surface area contributed by atoms with Gasteiger partial charge in [0, 0.05) is 5.56 Å². The van der Waals surface area contributed by atoms with Gasteiger partial charge in [-0.3, -0.25) is 0 Å². The van der Waals surface area contributed by atoms with Crippen molar-refractivity contribution < 1.29 is 14.9 Å². The third-order valence-electron chi connectivity index (χ3n) is 1.70. The molecule has 2 N–H and O–H groups in total. The minimum Gasteiger partial charge on any atom is -0.496 e. The zero-order valence-corrected chi connectivity index (χ0v) is 6.95. The van der Waals surface area contributed by atoms with Gasteiger partial charge >= 0.3 is 0 Å². The molecule has 66 valence electrons. The van der Waals surface area contributed by atoms with Crippen molar-refractivity contribution in [1.29, 1.82) is 0 Å². The SMILES string of the molecule is COc1ccc(CO)cc1CO. The van der Waals surface area contributed by atoms with Crippen LogP contribution >= 0.6 is 0 Å². The van der Waals surface area contributed by atoms with E-state index in [4.69, 9.17) is 14.9 Å². The highest BCUT2D eigenvalue weighted by Gasteiger charge is 2.01. The fourth-order valence-electron chi connectivity index (χ4n) is 1.05. The van der Waals surface area contributed by atoms with Gasteiger partial charge in [0.1, 0.15) is 5.75 Å². The molecule has 0 saturated carbocycles. The Labute approximate surface area is 71.2 Å². The maximum Gasteiger partial charge on any atom is 0.124 e. The van der Waals surface area contributed by atoms with Crippen molar-refractivity contribution in [2.24, 2.45) is 0 Å². The molecule has 3 heteroatoms. The van der Waals surface area contributed by atoms with E-state index in [1.165, 1.54) is 0 Å². The first-order valence-corrected chi connectivity index (χ1v) is 3.69. The van der Waals surface area contributed by atoms with Crippen LogP contribution in [0.3, 0.4) is 0 Å². The van der Waals surface area contributed by atoms with Gasteiger partial charge in [0.05, 0.1) is 20.3 Å². The van der Waals surface area contributed by atoms with E-state index in [9.17, 15) is 0 Å². The summed E-state index contributed by atoms with van der Waals surface area (Å²) in [5.74, 6) is 0.648. The van der Waals surface area contributed by atoms with Crippen LogP contribution in [0.5, 0.6) is 5.75 Å². The summed E-state index contributed by atoms with van der Waals surface area (Å²) in [4.78, 5) is 0. The predicted octanol–water partition coefficient (Wildman–Crippen LogP) is 0.680. The average Bonchev–Trinajstić information content (AvgIpc) is 2.16. The van der Waals surface area contributed by atoms with Crippen LogP contribution in [0, 0.1) is 0 Å². The number of methoxy groups -OCH3 is 1.